The van der Waals surface area contributed by atoms with Crippen molar-refractivity contribution in [3.8, 4) is 5.75 Å². The van der Waals surface area contributed by atoms with Crippen LogP contribution in [0.25, 0.3) is 0 Å². The molecule has 168 valence electrons. The number of aromatic hydroxyl groups is 1. The number of nitrogens with one attached hydrogen (secondary N) is 1. The minimum Gasteiger partial charge on any atom is -0.507 e. The summed E-state index contributed by atoms with van der Waals surface area (Å²) in [5, 5.41) is 26.6. The Morgan fingerprint density at radius 1 is 1.22 bits per heavy atom. The van der Waals surface area contributed by atoms with Gasteiger partial charge in [-0.05, 0) is 43.2 Å². The molecule has 0 spiro atoms. The van der Waals surface area contributed by atoms with Gasteiger partial charge in [-0.25, -0.2) is 0 Å². The van der Waals surface area contributed by atoms with E-state index in [9.17, 15) is 19.8 Å². The molecule has 32 heavy (non-hydrogen) atoms. The third-order valence-electron chi connectivity index (χ3n) is 5.16. The molecule has 8 nitrogen and oxygen atoms in total. The van der Waals surface area contributed by atoms with E-state index in [4.69, 9.17) is 4.52 Å². The van der Waals surface area contributed by atoms with Crippen molar-refractivity contribution in [3.63, 3.8) is 0 Å². The van der Waals surface area contributed by atoms with Crippen LogP contribution in [-0.2, 0) is 6.54 Å². The third kappa shape index (κ3) is 5.17. The number of aliphatic hydroxyl groups is 1. The van der Waals surface area contributed by atoms with Crippen LogP contribution in [0.2, 0.25) is 0 Å². The number of hydrogen-bond donors (Lipinski definition) is 3. The molecule has 9 heteroatoms. The van der Waals surface area contributed by atoms with Crippen LogP contribution in [-0.4, -0.2) is 44.7 Å². The van der Waals surface area contributed by atoms with E-state index in [-0.39, 0.29) is 30.0 Å². The fourth-order valence-corrected chi connectivity index (χ4v) is 3.69. The molecule has 0 saturated carbocycles. The number of phenolic OH excluding ortho intramolecular Hbond substituents is 1. The number of halogens is 1. The van der Waals surface area contributed by atoms with Crippen LogP contribution in [0.1, 0.15) is 45.4 Å². The molecule has 3 N–H and O–H groups in total. The van der Waals surface area contributed by atoms with E-state index in [0.717, 1.165) is 10.0 Å². The second-order valence-electron chi connectivity index (χ2n) is 7.25. The Hall–Kier alpha value is -3.17. The lowest BCUT2D eigenvalue weighted by Gasteiger charge is -2.31. The molecule has 1 aromatic heterocycles. The molecule has 3 rings (SSSR count). The molecule has 0 bridgehead atoms. The van der Waals surface area contributed by atoms with Crippen molar-refractivity contribution in [1.29, 1.82) is 0 Å². The van der Waals surface area contributed by atoms with E-state index in [2.05, 4.69) is 26.4 Å². The van der Waals surface area contributed by atoms with Crippen molar-refractivity contribution in [3.05, 3.63) is 75.6 Å². The molecule has 3 aromatic rings. The standard InChI is InChI=1S/C23H24BrN3O5/c1-3-17(13-28)27(12-15-6-4-5-7-20(15)24)23(31)18-10-16(8-9-21(18)29)26-22(30)19-11-25-32-14(19)2/h4-11,17,28-29H,3,12-13H2,1-2H3,(H,26,30). The molecule has 2 aromatic carbocycles. The number of nitrogens with zero attached hydrogens (tertiary/aromatic N) is 2. The van der Waals surface area contributed by atoms with Crippen LogP contribution >= 0.6 is 15.9 Å². The maximum Gasteiger partial charge on any atom is 0.260 e. The summed E-state index contributed by atoms with van der Waals surface area (Å²) in [6.45, 7) is 3.50. The molecule has 2 amide bonds. The van der Waals surface area contributed by atoms with Crippen LogP contribution in [0.4, 0.5) is 5.69 Å². The van der Waals surface area contributed by atoms with E-state index >= 15 is 0 Å². The van der Waals surface area contributed by atoms with Gasteiger partial charge in [-0.2, -0.15) is 0 Å². The Kier molecular flexibility index (Phi) is 7.66. The minimum absolute atomic E-state index is 0.0174. The Morgan fingerprint density at radius 3 is 2.59 bits per heavy atom. The van der Waals surface area contributed by atoms with Crippen molar-refractivity contribution in [2.45, 2.75) is 32.9 Å². The normalized spacial score (nSPS) is 11.8. The quantitative estimate of drug-likeness (QED) is 0.399. The first-order valence-corrected chi connectivity index (χ1v) is 10.9. The minimum atomic E-state index is -0.462. The smallest absolute Gasteiger partial charge is 0.260 e. The van der Waals surface area contributed by atoms with E-state index in [1.165, 1.54) is 29.3 Å². The maximum absolute atomic E-state index is 13.5. The zero-order chi connectivity index (χ0) is 23.3. The molecule has 0 radical (unpaired) electrons. The summed E-state index contributed by atoms with van der Waals surface area (Å²) in [6.07, 6.45) is 1.83. The number of hydrogen-bond acceptors (Lipinski definition) is 6. The van der Waals surface area contributed by atoms with Gasteiger partial charge in [-0.15, -0.1) is 0 Å². The molecule has 0 aliphatic carbocycles. The fraction of sp³-hybridized carbons (Fsp3) is 0.261. The van der Waals surface area contributed by atoms with Gasteiger partial charge in [0.25, 0.3) is 11.8 Å². The number of aryl methyl sites for hydroxylation is 1. The van der Waals surface area contributed by atoms with E-state index in [1.54, 1.807) is 6.92 Å². The van der Waals surface area contributed by atoms with Crippen molar-refractivity contribution in [2.24, 2.45) is 0 Å². The van der Waals surface area contributed by atoms with Gasteiger partial charge in [0.05, 0.1) is 24.4 Å². The van der Waals surface area contributed by atoms with Crippen LogP contribution in [0, 0.1) is 6.92 Å². The summed E-state index contributed by atoms with van der Waals surface area (Å²) in [5.41, 5.74) is 1.48. The molecule has 0 aliphatic heterocycles. The number of benzene rings is 2. The molecule has 0 saturated heterocycles. The third-order valence-corrected chi connectivity index (χ3v) is 5.94. The number of carbonyl (C=O) groups excluding carboxylic acids is 2. The maximum atomic E-state index is 13.5. The van der Waals surface area contributed by atoms with Crippen molar-refractivity contribution >= 4 is 33.4 Å². The van der Waals surface area contributed by atoms with Crippen LogP contribution in [0.15, 0.2) is 57.7 Å². The summed E-state index contributed by atoms with van der Waals surface area (Å²) in [4.78, 5) is 27.5. The number of anilines is 1. The summed E-state index contributed by atoms with van der Waals surface area (Å²) >= 11 is 3.49. The second-order valence-corrected chi connectivity index (χ2v) is 8.11. The lowest BCUT2D eigenvalue weighted by atomic mass is 10.1. The fourth-order valence-electron chi connectivity index (χ4n) is 3.28. The number of aromatic nitrogens is 1. The summed E-state index contributed by atoms with van der Waals surface area (Å²) in [5.74, 6) is -0.763. The highest BCUT2D eigenvalue weighted by atomic mass is 79.9. The highest BCUT2D eigenvalue weighted by molar-refractivity contribution is 9.10. The summed E-state index contributed by atoms with van der Waals surface area (Å²) < 4.78 is 5.75. The molecule has 0 aliphatic rings. The molecular weight excluding hydrogens is 478 g/mol. The molecule has 1 unspecified atom stereocenters. The van der Waals surface area contributed by atoms with E-state index < -0.39 is 17.9 Å². The first-order chi connectivity index (χ1) is 15.3. The topological polar surface area (TPSA) is 116 Å². The first kappa shape index (κ1) is 23.5. The average molecular weight is 502 g/mol. The number of aliphatic hydroxyl groups excluding tert-OH is 1. The molecule has 0 fully saturated rings. The number of amides is 2. The van der Waals surface area contributed by atoms with Gasteiger partial charge in [0.15, 0.2) is 0 Å². The van der Waals surface area contributed by atoms with Gasteiger partial charge in [0.2, 0.25) is 0 Å². The van der Waals surface area contributed by atoms with Gasteiger partial charge in [0.1, 0.15) is 17.1 Å². The molecule has 1 atom stereocenters. The van der Waals surface area contributed by atoms with Crippen molar-refractivity contribution < 1.29 is 24.3 Å². The van der Waals surface area contributed by atoms with E-state index in [0.29, 0.717) is 17.9 Å². The second kappa shape index (κ2) is 10.4. The van der Waals surface area contributed by atoms with Gasteiger partial charge in [-0.3, -0.25) is 9.59 Å². The zero-order valence-corrected chi connectivity index (χ0v) is 19.3. The van der Waals surface area contributed by atoms with Crippen LogP contribution in [0.5, 0.6) is 5.75 Å². The number of carbonyl (C=O) groups is 2. The molecular formula is C23H24BrN3O5. The van der Waals surface area contributed by atoms with Gasteiger partial charge < -0.3 is 25.0 Å². The lowest BCUT2D eigenvalue weighted by Crippen LogP contribution is -2.41. The SMILES string of the molecule is CCC(CO)N(Cc1ccccc1Br)C(=O)c1cc(NC(=O)c2cnoc2C)ccc1O. The van der Waals surface area contributed by atoms with Crippen LogP contribution < -0.4 is 5.32 Å². The van der Waals surface area contributed by atoms with Gasteiger partial charge >= 0.3 is 0 Å². The number of rotatable bonds is 8. The zero-order valence-electron chi connectivity index (χ0n) is 17.7. The summed E-state index contributed by atoms with van der Waals surface area (Å²) in [7, 11) is 0. The van der Waals surface area contributed by atoms with Gasteiger partial charge in [0, 0.05) is 16.7 Å². The monoisotopic (exact) mass is 501 g/mol. The van der Waals surface area contributed by atoms with E-state index in [1.807, 2.05) is 31.2 Å². The Morgan fingerprint density at radius 2 is 1.97 bits per heavy atom. The average Bonchev–Trinajstić information content (AvgIpc) is 3.22. The summed E-state index contributed by atoms with van der Waals surface area (Å²) in [6, 6.07) is 11.3. The highest BCUT2D eigenvalue weighted by Gasteiger charge is 2.26. The van der Waals surface area contributed by atoms with Crippen molar-refractivity contribution in [1.82, 2.24) is 10.1 Å². The Bertz CT molecular complexity index is 1110. The van der Waals surface area contributed by atoms with Crippen LogP contribution in [0.3, 0.4) is 0 Å². The Labute approximate surface area is 194 Å². The van der Waals surface area contributed by atoms with Gasteiger partial charge in [-0.1, -0.05) is 46.2 Å². The predicted octanol–water partition coefficient (Wildman–Crippen LogP) is 4.12. The molecule has 1 heterocycles. The Balaban J connectivity index is 1.91. The lowest BCUT2D eigenvalue weighted by molar-refractivity contribution is 0.0560. The van der Waals surface area contributed by atoms with Crippen molar-refractivity contribution in [2.75, 3.05) is 11.9 Å². The predicted molar refractivity (Wildman–Crippen MR) is 122 cm³/mol. The number of phenols is 1. The largest absolute Gasteiger partial charge is 0.507 e. The first-order valence-electron chi connectivity index (χ1n) is 10.1. The highest BCUT2D eigenvalue weighted by Crippen LogP contribution is 2.27.